The summed E-state index contributed by atoms with van der Waals surface area (Å²) in [5, 5.41) is 12.9. The minimum atomic E-state index is -1.26. The number of hydrogen-bond donors (Lipinski definition) is 2. The molecule has 2 aromatic carbocycles. The lowest BCUT2D eigenvalue weighted by atomic mass is 9.76. The van der Waals surface area contributed by atoms with Crippen LogP contribution in [0.1, 0.15) is 152 Å². The van der Waals surface area contributed by atoms with Crippen LogP contribution in [0.4, 0.5) is 15.3 Å². The average molecular weight is 640 g/mol. The molecule has 0 aliphatic carbocycles. The Bertz CT molecular complexity index is 1180. The van der Waals surface area contributed by atoms with Crippen LogP contribution in [0.15, 0.2) is 42.5 Å². The van der Waals surface area contributed by atoms with Gasteiger partial charge in [-0.15, -0.1) is 0 Å². The highest BCUT2D eigenvalue weighted by Gasteiger charge is 2.30. The molecule has 256 valence electrons. The van der Waals surface area contributed by atoms with Gasteiger partial charge < -0.3 is 19.3 Å². The molecule has 0 saturated carbocycles. The third-order valence-electron chi connectivity index (χ3n) is 8.40. The van der Waals surface area contributed by atoms with Gasteiger partial charge in [0, 0.05) is 11.5 Å². The molecule has 0 radical (unpaired) electrons. The third-order valence-corrected chi connectivity index (χ3v) is 8.40. The predicted molar refractivity (Wildman–Crippen MR) is 184 cm³/mol. The van der Waals surface area contributed by atoms with Gasteiger partial charge in [-0.1, -0.05) is 148 Å². The van der Waals surface area contributed by atoms with Gasteiger partial charge in [0.1, 0.15) is 5.56 Å². The van der Waals surface area contributed by atoms with E-state index in [1.807, 2.05) is 44.2 Å². The number of carbonyl (C=O) groups is 3. The van der Waals surface area contributed by atoms with Crippen LogP contribution in [0.25, 0.3) is 0 Å². The summed E-state index contributed by atoms with van der Waals surface area (Å²) in [7, 11) is 0. The molecule has 0 unspecified atom stereocenters. The van der Waals surface area contributed by atoms with Crippen molar-refractivity contribution in [3.63, 3.8) is 0 Å². The standard InChI is InChI=1S/C38H57NO7/c1-5-7-9-11-13-15-17-22-26-44-36(42)39-33-29-34(46-37(43)45-27-23-18-16-14-12-10-8-6-2)31(35(40)41)28-32(33)38(3,4)30-24-20-19-21-25-30/h19-21,24-25,28-29H,5-18,22-23,26-27H2,1-4H3,(H,39,42)(H,40,41). The highest BCUT2D eigenvalue weighted by Crippen LogP contribution is 2.40. The van der Waals surface area contributed by atoms with E-state index in [4.69, 9.17) is 14.2 Å². The zero-order valence-electron chi connectivity index (χ0n) is 28.7. The Morgan fingerprint density at radius 3 is 1.72 bits per heavy atom. The molecule has 2 aromatic rings. The zero-order valence-corrected chi connectivity index (χ0v) is 28.7. The molecule has 2 N–H and O–H groups in total. The Labute approximate surface area is 276 Å². The number of ether oxygens (including phenoxy) is 3. The Morgan fingerprint density at radius 1 is 0.696 bits per heavy atom. The summed E-state index contributed by atoms with van der Waals surface area (Å²) >= 11 is 0. The first-order valence-electron chi connectivity index (χ1n) is 17.5. The SMILES string of the molecule is CCCCCCCCCCOC(=O)Nc1cc(OC(=O)OCCCCCCCCCC)c(C(=O)O)cc1C(C)(C)c1ccccc1. The van der Waals surface area contributed by atoms with Gasteiger partial charge in [-0.25, -0.2) is 14.4 Å². The predicted octanol–water partition coefficient (Wildman–Crippen LogP) is 11.1. The van der Waals surface area contributed by atoms with E-state index in [0.29, 0.717) is 17.7 Å². The highest BCUT2D eigenvalue weighted by molar-refractivity contribution is 5.95. The van der Waals surface area contributed by atoms with Gasteiger partial charge in [0.05, 0.1) is 18.9 Å². The lowest BCUT2D eigenvalue weighted by Crippen LogP contribution is -2.24. The van der Waals surface area contributed by atoms with Crippen molar-refractivity contribution in [2.75, 3.05) is 18.5 Å². The molecule has 0 atom stereocenters. The summed E-state index contributed by atoms with van der Waals surface area (Å²) in [6.45, 7) is 8.75. The molecule has 46 heavy (non-hydrogen) atoms. The van der Waals surface area contributed by atoms with Crippen LogP contribution in [0.2, 0.25) is 0 Å². The second-order valence-electron chi connectivity index (χ2n) is 12.6. The van der Waals surface area contributed by atoms with Gasteiger partial charge in [-0.2, -0.15) is 0 Å². The molecule has 0 bridgehead atoms. The normalized spacial score (nSPS) is 11.2. The molecule has 0 aromatic heterocycles. The second-order valence-corrected chi connectivity index (χ2v) is 12.6. The number of carboxylic acid groups (broad SMARTS) is 1. The van der Waals surface area contributed by atoms with Gasteiger partial charge in [0.15, 0.2) is 5.75 Å². The molecule has 0 aliphatic heterocycles. The van der Waals surface area contributed by atoms with E-state index in [9.17, 15) is 19.5 Å². The fraction of sp³-hybridized carbons (Fsp3) is 0.605. The van der Waals surface area contributed by atoms with Gasteiger partial charge in [0.25, 0.3) is 0 Å². The molecule has 0 aliphatic rings. The molecule has 0 saturated heterocycles. The molecule has 0 spiro atoms. The molecular formula is C38H57NO7. The molecular weight excluding hydrogens is 582 g/mol. The number of aromatic carboxylic acids is 1. The number of nitrogens with one attached hydrogen (secondary N) is 1. The van der Waals surface area contributed by atoms with Crippen LogP contribution in [-0.2, 0) is 14.9 Å². The van der Waals surface area contributed by atoms with Gasteiger partial charge >= 0.3 is 18.2 Å². The van der Waals surface area contributed by atoms with Crippen LogP contribution < -0.4 is 10.1 Å². The average Bonchev–Trinajstić information content (AvgIpc) is 3.03. The van der Waals surface area contributed by atoms with Gasteiger partial charge in [0.2, 0.25) is 0 Å². The summed E-state index contributed by atoms with van der Waals surface area (Å²) < 4.78 is 16.1. The van der Waals surface area contributed by atoms with E-state index >= 15 is 0 Å². The first-order valence-corrected chi connectivity index (χ1v) is 17.5. The topological polar surface area (TPSA) is 111 Å². The quantitative estimate of drug-likeness (QED) is 0.0707. The van der Waals surface area contributed by atoms with Crippen LogP contribution in [0.5, 0.6) is 5.75 Å². The number of anilines is 1. The lowest BCUT2D eigenvalue weighted by Gasteiger charge is -2.29. The Morgan fingerprint density at radius 2 is 1.20 bits per heavy atom. The van der Waals surface area contributed by atoms with Crippen molar-refractivity contribution in [1.82, 2.24) is 0 Å². The number of rotatable bonds is 23. The monoisotopic (exact) mass is 639 g/mol. The summed E-state index contributed by atoms with van der Waals surface area (Å²) in [5.41, 5.74) is 0.841. The van der Waals surface area contributed by atoms with Crippen molar-refractivity contribution in [1.29, 1.82) is 0 Å². The second kappa shape index (κ2) is 22.1. The van der Waals surface area contributed by atoms with Crippen LogP contribution >= 0.6 is 0 Å². The Balaban J connectivity index is 2.10. The maximum atomic E-state index is 12.9. The van der Waals surface area contributed by atoms with Crippen molar-refractivity contribution in [3.05, 3.63) is 59.2 Å². The van der Waals surface area contributed by atoms with Crippen LogP contribution in [-0.4, -0.2) is 36.5 Å². The number of amides is 1. The van der Waals surface area contributed by atoms with E-state index < -0.39 is 23.6 Å². The smallest absolute Gasteiger partial charge is 0.478 e. The van der Waals surface area contributed by atoms with Crippen molar-refractivity contribution in [2.24, 2.45) is 0 Å². The lowest BCUT2D eigenvalue weighted by molar-refractivity contribution is 0.0689. The summed E-state index contributed by atoms with van der Waals surface area (Å²) in [4.78, 5) is 37.8. The molecule has 8 heteroatoms. The van der Waals surface area contributed by atoms with Gasteiger partial charge in [-0.3, -0.25) is 5.32 Å². The van der Waals surface area contributed by atoms with E-state index in [1.54, 1.807) is 0 Å². The third kappa shape index (κ3) is 14.3. The minimum absolute atomic E-state index is 0.186. The first kappa shape index (κ1) is 38.6. The Kier molecular flexibility index (Phi) is 18.5. The molecule has 2 rings (SSSR count). The fourth-order valence-corrected chi connectivity index (χ4v) is 5.52. The number of carbonyl (C=O) groups excluding carboxylic acids is 2. The largest absolute Gasteiger partial charge is 0.513 e. The summed E-state index contributed by atoms with van der Waals surface area (Å²) in [6.07, 6.45) is 16.2. The Hall–Kier alpha value is -3.55. The first-order chi connectivity index (χ1) is 22.2. The fourth-order valence-electron chi connectivity index (χ4n) is 5.52. The van der Waals surface area contributed by atoms with E-state index in [0.717, 1.165) is 44.1 Å². The zero-order chi connectivity index (χ0) is 33.6. The van der Waals surface area contributed by atoms with E-state index in [-0.39, 0.29) is 24.5 Å². The molecule has 0 fully saturated rings. The highest BCUT2D eigenvalue weighted by atomic mass is 16.7. The summed E-state index contributed by atoms with van der Waals surface area (Å²) in [5.74, 6) is -1.47. The maximum Gasteiger partial charge on any atom is 0.513 e. The van der Waals surface area contributed by atoms with Crippen LogP contribution in [0.3, 0.4) is 0 Å². The molecule has 1 amide bonds. The minimum Gasteiger partial charge on any atom is -0.478 e. The number of hydrogen-bond acceptors (Lipinski definition) is 6. The van der Waals surface area contributed by atoms with E-state index in [2.05, 4.69) is 19.2 Å². The van der Waals surface area contributed by atoms with Crippen molar-refractivity contribution in [3.8, 4) is 5.75 Å². The maximum absolute atomic E-state index is 12.9. The summed E-state index contributed by atoms with van der Waals surface area (Å²) in [6, 6.07) is 12.4. The van der Waals surface area contributed by atoms with Crippen molar-refractivity contribution >= 4 is 23.9 Å². The van der Waals surface area contributed by atoms with E-state index in [1.165, 1.54) is 69.9 Å². The number of unbranched alkanes of at least 4 members (excludes halogenated alkanes) is 14. The molecule has 8 nitrogen and oxygen atoms in total. The number of carboxylic acids is 1. The van der Waals surface area contributed by atoms with Crippen LogP contribution in [0, 0.1) is 0 Å². The van der Waals surface area contributed by atoms with Crippen molar-refractivity contribution in [2.45, 2.75) is 136 Å². The number of benzene rings is 2. The molecule has 0 heterocycles. The van der Waals surface area contributed by atoms with Gasteiger partial charge in [-0.05, 0) is 30.0 Å². The van der Waals surface area contributed by atoms with Crippen molar-refractivity contribution < 1.29 is 33.7 Å².